The summed E-state index contributed by atoms with van der Waals surface area (Å²) in [4.78, 5) is 0. The van der Waals surface area contributed by atoms with Gasteiger partial charge in [0, 0.05) is 17.3 Å². The van der Waals surface area contributed by atoms with Gasteiger partial charge in [-0.2, -0.15) is 11.8 Å². The van der Waals surface area contributed by atoms with Crippen LogP contribution >= 0.6 is 11.8 Å². The zero-order valence-electron chi connectivity index (χ0n) is 11.9. The summed E-state index contributed by atoms with van der Waals surface area (Å²) >= 11 is 2.10. The Hall–Kier alpha value is 0.310. The average molecular weight is 267 g/mol. The van der Waals surface area contributed by atoms with Crippen molar-refractivity contribution in [3.63, 3.8) is 0 Å². The van der Waals surface area contributed by atoms with Crippen molar-refractivity contribution in [3.8, 4) is 0 Å². The third-order valence-corrected chi connectivity index (χ3v) is 7.11. The maximum atomic E-state index is 4.10. The second-order valence-corrected chi connectivity index (χ2v) is 7.92. The van der Waals surface area contributed by atoms with E-state index in [0.29, 0.717) is 0 Å². The fourth-order valence-corrected chi connectivity index (χ4v) is 5.58. The molecule has 1 N–H and O–H groups in total. The van der Waals surface area contributed by atoms with Crippen LogP contribution in [0.4, 0.5) is 0 Å². The molecule has 1 nitrogen and oxygen atoms in total. The Labute approximate surface area is 117 Å². The summed E-state index contributed by atoms with van der Waals surface area (Å²) in [5.41, 5.74) is 0.735. The van der Waals surface area contributed by atoms with Gasteiger partial charge in [-0.25, -0.2) is 0 Å². The SMILES string of the molecule is CSC1CCCCC1NC1CCC12CCCCC2. The highest BCUT2D eigenvalue weighted by Gasteiger charge is 2.47. The van der Waals surface area contributed by atoms with Gasteiger partial charge in [-0.3, -0.25) is 0 Å². The minimum atomic E-state index is 0.735. The molecule has 0 saturated heterocycles. The van der Waals surface area contributed by atoms with Crippen LogP contribution in [0.15, 0.2) is 0 Å². The molecule has 0 bridgehead atoms. The quantitative estimate of drug-likeness (QED) is 0.815. The molecule has 2 heteroatoms. The highest BCUT2D eigenvalue weighted by atomic mass is 32.2. The van der Waals surface area contributed by atoms with E-state index < -0.39 is 0 Å². The third kappa shape index (κ3) is 2.47. The van der Waals surface area contributed by atoms with Crippen LogP contribution in [0.1, 0.15) is 70.6 Å². The van der Waals surface area contributed by atoms with Crippen molar-refractivity contribution in [2.45, 2.75) is 88.0 Å². The van der Waals surface area contributed by atoms with Crippen LogP contribution in [0.3, 0.4) is 0 Å². The van der Waals surface area contributed by atoms with E-state index in [9.17, 15) is 0 Å². The first-order valence-corrected chi connectivity index (χ1v) is 9.42. The topological polar surface area (TPSA) is 12.0 Å². The lowest BCUT2D eigenvalue weighted by molar-refractivity contribution is 0.0142. The number of hydrogen-bond donors (Lipinski definition) is 1. The standard InChI is InChI=1S/C16H29NS/c1-18-14-8-4-3-7-13(14)17-15-9-12-16(15)10-5-2-6-11-16/h13-15,17H,2-12H2,1H3. The Balaban J connectivity index is 1.58. The van der Waals surface area contributed by atoms with Crippen molar-refractivity contribution >= 4 is 11.8 Å². The summed E-state index contributed by atoms with van der Waals surface area (Å²) in [6.45, 7) is 0. The molecule has 3 rings (SSSR count). The Morgan fingerprint density at radius 1 is 0.889 bits per heavy atom. The zero-order valence-corrected chi connectivity index (χ0v) is 12.7. The molecule has 0 aromatic heterocycles. The van der Waals surface area contributed by atoms with Crippen LogP contribution in [0.25, 0.3) is 0 Å². The number of rotatable bonds is 3. The smallest absolute Gasteiger partial charge is 0.0198 e. The maximum Gasteiger partial charge on any atom is 0.0198 e. The summed E-state index contributed by atoms with van der Waals surface area (Å²) in [6.07, 6.45) is 18.6. The maximum absolute atomic E-state index is 4.10. The first-order valence-electron chi connectivity index (χ1n) is 8.13. The summed E-state index contributed by atoms with van der Waals surface area (Å²) in [6, 6.07) is 1.69. The minimum absolute atomic E-state index is 0.735. The molecule has 0 aromatic rings. The fourth-order valence-electron chi connectivity index (χ4n) is 4.64. The monoisotopic (exact) mass is 267 g/mol. The van der Waals surface area contributed by atoms with Gasteiger partial charge in [0.15, 0.2) is 0 Å². The molecular formula is C16H29NS. The molecule has 3 unspecified atom stereocenters. The van der Waals surface area contributed by atoms with E-state index in [1.165, 1.54) is 70.6 Å². The van der Waals surface area contributed by atoms with Gasteiger partial charge in [0.25, 0.3) is 0 Å². The van der Waals surface area contributed by atoms with Crippen molar-refractivity contribution in [2.75, 3.05) is 6.26 Å². The third-order valence-electron chi connectivity index (χ3n) is 5.94. The summed E-state index contributed by atoms with van der Waals surface area (Å²) < 4.78 is 0. The van der Waals surface area contributed by atoms with Crippen LogP contribution in [-0.4, -0.2) is 23.6 Å². The molecule has 0 heterocycles. The van der Waals surface area contributed by atoms with E-state index in [1.54, 1.807) is 0 Å². The molecule has 3 atom stereocenters. The minimum Gasteiger partial charge on any atom is -0.310 e. The zero-order chi connectivity index (χ0) is 12.4. The Morgan fingerprint density at radius 2 is 1.67 bits per heavy atom. The van der Waals surface area contributed by atoms with Crippen molar-refractivity contribution < 1.29 is 0 Å². The van der Waals surface area contributed by atoms with Crippen LogP contribution in [-0.2, 0) is 0 Å². The molecule has 0 aliphatic heterocycles. The Kier molecular flexibility index (Phi) is 4.25. The van der Waals surface area contributed by atoms with Gasteiger partial charge < -0.3 is 5.32 Å². The first kappa shape index (κ1) is 13.3. The lowest BCUT2D eigenvalue weighted by Gasteiger charge is -2.54. The highest BCUT2D eigenvalue weighted by molar-refractivity contribution is 7.99. The molecule has 3 aliphatic carbocycles. The molecule has 0 radical (unpaired) electrons. The van der Waals surface area contributed by atoms with Gasteiger partial charge in [0.1, 0.15) is 0 Å². The lowest BCUT2D eigenvalue weighted by atomic mass is 9.57. The normalized spacial score (nSPS) is 39.5. The van der Waals surface area contributed by atoms with Crippen molar-refractivity contribution in [1.29, 1.82) is 0 Å². The van der Waals surface area contributed by atoms with E-state index in [2.05, 4.69) is 23.3 Å². The van der Waals surface area contributed by atoms with Crippen LogP contribution in [0.5, 0.6) is 0 Å². The van der Waals surface area contributed by atoms with Crippen molar-refractivity contribution in [1.82, 2.24) is 5.32 Å². The predicted octanol–water partition coefficient (Wildman–Crippen LogP) is 4.36. The van der Waals surface area contributed by atoms with Gasteiger partial charge in [0.2, 0.25) is 0 Å². The van der Waals surface area contributed by atoms with Gasteiger partial charge >= 0.3 is 0 Å². The van der Waals surface area contributed by atoms with E-state index in [4.69, 9.17) is 0 Å². The molecule has 104 valence electrons. The molecule has 0 amide bonds. The van der Waals surface area contributed by atoms with E-state index in [1.807, 2.05) is 0 Å². The van der Waals surface area contributed by atoms with Crippen LogP contribution in [0.2, 0.25) is 0 Å². The highest BCUT2D eigenvalue weighted by Crippen LogP contribution is 2.52. The van der Waals surface area contributed by atoms with Gasteiger partial charge in [-0.15, -0.1) is 0 Å². The number of nitrogens with one attached hydrogen (secondary N) is 1. The summed E-state index contributed by atoms with van der Waals surface area (Å²) in [7, 11) is 0. The molecule has 3 saturated carbocycles. The first-order chi connectivity index (χ1) is 8.84. The van der Waals surface area contributed by atoms with Gasteiger partial charge in [0.05, 0.1) is 0 Å². The van der Waals surface area contributed by atoms with Crippen molar-refractivity contribution in [3.05, 3.63) is 0 Å². The van der Waals surface area contributed by atoms with E-state index >= 15 is 0 Å². The average Bonchev–Trinajstić information content (AvgIpc) is 2.45. The lowest BCUT2D eigenvalue weighted by Crippen LogP contribution is -2.59. The van der Waals surface area contributed by atoms with Gasteiger partial charge in [-0.1, -0.05) is 32.1 Å². The van der Waals surface area contributed by atoms with Gasteiger partial charge in [-0.05, 0) is 50.2 Å². The van der Waals surface area contributed by atoms with Crippen molar-refractivity contribution in [2.24, 2.45) is 5.41 Å². The summed E-state index contributed by atoms with van der Waals surface area (Å²) in [5, 5.41) is 4.98. The largest absolute Gasteiger partial charge is 0.310 e. The second-order valence-electron chi connectivity index (χ2n) is 6.85. The molecule has 0 aromatic carbocycles. The molecule has 3 fully saturated rings. The van der Waals surface area contributed by atoms with E-state index in [0.717, 1.165) is 22.7 Å². The van der Waals surface area contributed by atoms with E-state index in [-0.39, 0.29) is 0 Å². The van der Waals surface area contributed by atoms with Crippen LogP contribution in [0, 0.1) is 5.41 Å². The Morgan fingerprint density at radius 3 is 2.33 bits per heavy atom. The fraction of sp³-hybridized carbons (Fsp3) is 1.00. The van der Waals surface area contributed by atoms with Crippen LogP contribution < -0.4 is 5.32 Å². The molecule has 1 spiro atoms. The molecule has 3 aliphatic rings. The predicted molar refractivity (Wildman–Crippen MR) is 81.2 cm³/mol. The molecule has 18 heavy (non-hydrogen) atoms. The number of hydrogen-bond acceptors (Lipinski definition) is 2. The second kappa shape index (κ2) is 5.75. The Bertz CT molecular complexity index is 272. The molecular weight excluding hydrogens is 238 g/mol. The number of thioether (sulfide) groups is 1. The summed E-state index contributed by atoms with van der Waals surface area (Å²) in [5.74, 6) is 0.